The van der Waals surface area contributed by atoms with Crippen LogP contribution in [0, 0.1) is 11.3 Å². The molecule has 6 nitrogen and oxygen atoms in total. The van der Waals surface area contributed by atoms with Crippen LogP contribution in [0.5, 0.6) is 5.75 Å². The molecule has 0 unspecified atom stereocenters. The van der Waals surface area contributed by atoms with Gasteiger partial charge in [-0.15, -0.1) is 0 Å². The van der Waals surface area contributed by atoms with Gasteiger partial charge in [-0.3, -0.25) is 4.79 Å². The summed E-state index contributed by atoms with van der Waals surface area (Å²) in [7, 11) is 0. The zero-order valence-electron chi connectivity index (χ0n) is 12.8. The summed E-state index contributed by atoms with van der Waals surface area (Å²) in [5.41, 5.74) is 0.681. The average molecular weight is 379 g/mol. The zero-order valence-corrected chi connectivity index (χ0v) is 14.3. The van der Waals surface area contributed by atoms with Gasteiger partial charge in [0.25, 0.3) is 5.91 Å². The first-order valence-electron chi connectivity index (χ1n) is 7.02. The van der Waals surface area contributed by atoms with Crippen molar-refractivity contribution in [2.45, 2.75) is 0 Å². The van der Waals surface area contributed by atoms with Crippen LogP contribution in [-0.4, -0.2) is 25.1 Å². The molecule has 0 fully saturated rings. The summed E-state index contributed by atoms with van der Waals surface area (Å²) in [6.07, 6.45) is 0. The van der Waals surface area contributed by atoms with E-state index in [1.807, 2.05) is 6.07 Å². The monoisotopic (exact) mass is 378 g/mol. The van der Waals surface area contributed by atoms with Gasteiger partial charge in [0.2, 0.25) is 0 Å². The number of amides is 1. The molecular formula is C17H12Cl2N2O4. The maximum atomic E-state index is 11.8. The average Bonchev–Trinajstić information content (AvgIpc) is 2.59. The Morgan fingerprint density at radius 1 is 1.08 bits per heavy atom. The summed E-state index contributed by atoms with van der Waals surface area (Å²) in [5.74, 6) is -0.919. The van der Waals surface area contributed by atoms with Gasteiger partial charge in [0.15, 0.2) is 13.2 Å². The summed E-state index contributed by atoms with van der Waals surface area (Å²) in [6, 6.07) is 13.0. The molecule has 0 aliphatic heterocycles. The largest absolute Gasteiger partial charge is 0.480 e. The molecule has 1 N–H and O–H groups in total. The van der Waals surface area contributed by atoms with Gasteiger partial charge < -0.3 is 14.8 Å². The Hall–Kier alpha value is -2.75. The first-order valence-corrected chi connectivity index (χ1v) is 7.77. The molecule has 8 heteroatoms. The molecule has 128 valence electrons. The number of rotatable bonds is 6. The number of halogens is 2. The number of anilines is 1. The molecule has 0 aliphatic carbocycles. The Labute approximate surface area is 153 Å². The van der Waals surface area contributed by atoms with Crippen LogP contribution >= 0.6 is 23.2 Å². The van der Waals surface area contributed by atoms with Gasteiger partial charge in [-0.1, -0.05) is 35.3 Å². The third-order valence-electron chi connectivity index (χ3n) is 2.92. The molecule has 0 saturated heterocycles. The lowest BCUT2D eigenvalue weighted by atomic mass is 10.2. The van der Waals surface area contributed by atoms with Gasteiger partial charge in [-0.05, 0) is 30.3 Å². The number of carbonyl (C=O) groups is 2. The van der Waals surface area contributed by atoms with E-state index in [0.29, 0.717) is 22.0 Å². The molecule has 0 radical (unpaired) electrons. The van der Waals surface area contributed by atoms with E-state index in [1.165, 1.54) is 18.2 Å². The van der Waals surface area contributed by atoms with Crippen molar-refractivity contribution in [2.24, 2.45) is 0 Å². The maximum absolute atomic E-state index is 11.8. The standard InChI is InChI=1S/C17H12Cl2N2O4/c18-13-3-1-2-4-15(13)24-10-17(23)25-9-16(22)21-12-6-5-11(8-20)14(19)7-12/h1-7H,9-10H2,(H,21,22). The smallest absolute Gasteiger partial charge is 0.344 e. The van der Waals surface area contributed by atoms with Crippen molar-refractivity contribution in [1.82, 2.24) is 0 Å². The van der Waals surface area contributed by atoms with Gasteiger partial charge in [-0.2, -0.15) is 5.26 Å². The van der Waals surface area contributed by atoms with Crippen LogP contribution in [0.2, 0.25) is 10.0 Å². The number of nitrogens with zero attached hydrogens (tertiary/aromatic N) is 1. The van der Waals surface area contributed by atoms with Crippen LogP contribution < -0.4 is 10.1 Å². The molecule has 2 aromatic carbocycles. The number of benzene rings is 2. The van der Waals surface area contributed by atoms with Gasteiger partial charge >= 0.3 is 5.97 Å². The van der Waals surface area contributed by atoms with E-state index in [-0.39, 0.29) is 11.6 Å². The van der Waals surface area contributed by atoms with E-state index in [1.54, 1.807) is 24.3 Å². The third kappa shape index (κ3) is 5.68. The molecule has 0 aromatic heterocycles. The normalized spacial score (nSPS) is 9.80. The van der Waals surface area contributed by atoms with E-state index in [2.05, 4.69) is 5.32 Å². The van der Waals surface area contributed by atoms with Crippen LogP contribution in [0.25, 0.3) is 0 Å². The number of nitriles is 1. The minimum atomic E-state index is -0.715. The SMILES string of the molecule is N#Cc1ccc(NC(=O)COC(=O)COc2ccccc2Cl)cc1Cl. The summed E-state index contributed by atoms with van der Waals surface area (Å²) < 4.78 is 10.0. The van der Waals surface area contributed by atoms with Gasteiger partial charge in [0.1, 0.15) is 11.8 Å². The van der Waals surface area contributed by atoms with Gasteiger partial charge in [0, 0.05) is 5.69 Å². The lowest BCUT2D eigenvalue weighted by Gasteiger charge is -2.09. The maximum Gasteiger partial charge on any atom is 0.344 e. The Morgan fingerprint density at radius 3 is 2.52 bits per heavy atom. The number of para-hydroxylation sites is 1. The second-order valence-corrected chi connectivity index (χ2v) is 5.55. The quantitative estimate of drug-likeness (QED) is 0.777. The van der Waals surface area contributed by atoms with Gasteiger partial charge in [0.05, 0.1) is 15.6 Å². The van der Waals surface area contributed by atoms with Crippen molar-refractivity contribution in [2.75, 3.05) is 18.5 Å². The molecule has 2 aromatic rings. The molecule has 0 atom stereocenters. The van der Waals surface area contributed by atoms with Crippen molar-refractivity contribution in [3.8, 4) is 11.8 Å². The Morgan fingerprint density at radius 2 is 1.84 bits per heavy atom. The highest BCUT2D eigenvalue weighted by Gasteiger charge is 2.10. The summed E-state index contributed by atoms with van der Waals surface area (Å²) in [6.45, 7) is -0.859. The second-order valence-electron chi connectivity index (χ2n) is 4.73. The lowest BCUT2D eigenvalue weighted by Crippen LogP contribution is -2.23. The van der Waals surface area contributed by atoms with Gasteiger partial charge in [-0.25, -0.2) is 4.79 Å². The fourth-order valence-corrected chi connectivity index (χ4v) is 2.18. The van der Waals surface area contributed by atoms with E-state index in [0.717, 1.165) is 0 Å². The fourth-order valence-electron chi connectivity index (χ4n) is 1.77. The molecule has 25 heavy (non-hydrogen) atoms. The molecule has 0 aliphatic rings. The van der Waals surface area contributed by atoms with Crippen molar-refractivity contribution < 1.29 is 19.1 Å². The molecular weight excluding hydrogens is 367 g/mol. The van der Waals surface area contributed by atoms with Crippen molar-refractivity contribution in [1.29, 1.82) is 5.26 Å². The molecule has 1 amide bonds. The van der Waals surface area contributed by atoms with Crippen LogP contribution in [-0.2, 0) is 14.3 Å². The summed E-state index contributed by atoms with van der Waals surface area (Å²) in [5, 5.41) is 11.9. The van der Waals surface area contributed by atoms with E-state index < -0.39 is 18.5 Å². The van der Waals surface area contributed by atoms with E-state index >= 15 is 0 Å². The molecule has 0 heterocycles. The van der Waals surface area contributed by atoms with Crippen LogP contribution in [0.3, 0.4) is 0 Å². The first kappa shape index (κ1) is 18.6. The fraction of sp³-hybridized carbons (Fsp3) is 0.118. The molecule has 0 bridgehead atoms. The number of ether oxygens (including phenoxy) is 2. The number of esters is 1. The topological polar surface area (TPSA) is 88.4 Å². The highest BCUT2D eigenvalue weighted by atomic mass is 35.5. The third-order valence-corrected chi connectivity index (χ3v) is 3.54. The minimum Gasteiger partial charge on any atom is -0.480 e. The Bertz CT molecular complexity index is 834. The van der Waals surface area contributed by atoms with E-state index in [4.69, 9.17) is 37.9 Å². The first-order chi connectivity index (χ1) is 12.0. The van der Waals surface area contributed by atoms with Crippen molar-refractivity contribution in [3.05, 3.63) is 58.1 Å². The number of hydrogen-bond donors (Lipinski definition) is 1. The highest BCUT2D eigenvalue weighted by Crippen LogP contribution is 2.23. The minimum absolute atomic E-state index is 0.213. The number of nitrogens with one attached hydrogen (secondary N) is 1. The predicted molar refractivity (Wildman–Crippen MR) is 92.7 cm³/mol. The summed E-state index contributed by atoms with van der Waals surface area (Å²) >= 11 is 11.8. The van der Waals surface area contributed by atoms with Crippen LogP contribution in [0.1, 0.15) is 5.56 Å². The van der Waals surface area contributed by atoms with Crippen LogP contribution in [0.4, 0.5) is 5.69 Å². The Balaban J connectivity index is 1.78. The number of hydrogen-bond acceptors (Lipinski definition) is 5. The molecule has 0 saturated carbocycles. The van der Waals surface area contributed by atoms with E-state index in [9.17, 15) is 9.59 Å². The lowest BCUT2D eigenvalue weighted by molar-refractivity contribution is -0.149. The zero-order chi connectivity index (χ0) is 18.2. The molecule has 0 spiro atoms. The predicted octanol–water partition coefficient (Wildman–Crippen LogP) is 3.43. The summed E-state index contributed by atoms with van der Waals surface area (Å²) in [4.78, 5) is 23.3. The van der Waals surface area contributed by atoms with Crippen molar-refractivity contribution in [3.63, 3.8) is 0 Å². The molecule has 2 rings (SSSR count). The highest BCUT2D eigenvalue weighted by molar-refractivity contribution is 6.32. The van der Waals surface area contributed by atoms with Crippen molar-refractivity contribution >= 4 is 40.8 Å². The number of carbonyl (C=O) groups excluding carboxylic acids is 2. The Kier molecular flexibility index (Phi) is 6.63. The van der Waals surface area contributed by atoms with Crippen LogP contribution in [0.15, 0.2) is 42.5 Å². The second kappa shape index (κ2) is 8.92.